The number of benzene rings is 1. The lowest BCUT2D eigenvalue weighted by atomic mass is 9.93. The van der Waals surface area contributed by atoms with E-state index in [9.17, 15) is 4.79 Å². The van der Waals surface area contributed by atoms with Gasteiger partial charge in [0, 0.05) is 5.02 Å². The molecule has 0 aliphatic carbocycles. The van der Waals surface area contributed by atoms with E-state index in [1.807, 2.05) is 24.3 Å². The first kappa shape index (κ1) is 11.4. The third-order valence-corrected chi connectivity index (χ3v) is 3.43. The number of carboxylic acids is 1. The van der Waals surface area contributed by atoms with Crippen LogP contribution in [0, 0.1) is 5.92 Å². The topological polar surface area (TPSA) is 49.3 Å². The van der Waals surface area contributed by atoms with Gasteiger partial charge in [-0.2, -0.15) is 0 Å². The largest absolute Gasteiger partial charge is 0.480 e. The van der Waals surface area contributed by atoms with Gasteiger partial charge >= 0.3 is 5.97 Å². The second-order valence-electron chi connectivity index (χ2n) is 4.11. The first-order valence-electron chi connectivity index (χ1n) is 5.38. The second kappa shape index (κ2) is 4.85. The Morgan fingerprint density at radius 2 is 2.25 bits per heavy atom. The van der Waals surface area contributed by atoms with Crippen molar-refractivity contribution >= 4 is 17.6 Å². The number of rotatable bonds is 3. The molecule has 1 aliphatic rings. The fourth-order valence-corrected chi connectivity index (χ4v) is 2.43. The Labute approximate surface area is 99.4 Å². The van der Waals surface area contributed by atoms with Crippen molar-refractivity contribution in [2.75, 3.05) is 6.54 Å². The number of carboxylic acid groups (broad SMARTS) is 1. The Kier molecular flexibility index (Phi) is 3.46. The molecule has 1 heterocycles. The van der Waals surface area contributed by atoms with Gasteiger partial charge < -0.3 is 10.4 Å². The van der Waals surface area contributed by atoms with Crippen LogP contribution in [0.25, 0.3) is 0 Å². The number of hydrogen-bond acceptors (Lipinski definition) is 2. The molecular formula is C12H14ClNO2. The van der Waals surface area contributed by atoms with E-state index in [-0.39, 0.29) is 5.92 Å². The molecule has 1 unspecified atom stereocenters. The Bertz CT molecular complexity index is 394. The van der Waals surface area contributed by atoms with Crippen LogP contribution in [-0.2, 0) is 11.2 Å². The molecule has 0 bridgehead atoms. The molecule has 2 atom stereocenters. The number of nitrogens with one attached hydrogen (secondary N) is 1. The van der Waals surface area contributed by atoms with Gasteiger partial charge in [-0.25, -0.2) is 0 Å². The predicted octanol–water partition coefficient (Wildman–Crippen LogP) is 1.95. The molecule has 86 valence electrons. The zero-order valence-electron chi connectivity index (χ0n) is 8.82. The van der Waals surface area contributed by atoms with Gasteiger partial charge in [0.05, 0.1) is 0 Å². The zero-order valence-corrected chi connectivity index (χ0v) is 9.57. The molecule has 1 aromatic carbocycles. The van der Waals surface area contributed by atoms with E-state index >= 15 is 0 Å². The number of carbonyl (C=O) groups is 1. The van der Waals surface area contributed by atoms with E-state index in [1.54, 1.807) is 0 Å². The summed E-state index contributed by atoms with van der Waals surface area (Å²) in [5.74, 6) is -0.632. The maximum Gasteiger partial charge on any atom is 0.320 e. The number of aliphatic carboxylic acids is 1. The molecule has 1 aliphatic heterocycles. The van der Waals surface area contributed by atoms with E-state index in [1.165, 1.54) is 0 Å². The van der Waals surface area contributed by atoms with Crippen molar-refractivity contribution in [2.24, 2.45) is 5.92 Å². The van der Waals surface area contributed by atoms with Crippen molar-refractivity contribution in [2.45, 2.75) is 18.9 Å². The van der Waals surface area contributed by atoms with Gasteiger partial charge in [0.1, 0.15) is 6.04 Å². The number of hydrogen-bond donors (Lipinski definition) is 2. The highest BCUT2D eigenvalue weighted by atomic mass is 35.5. The highest BCUT2D eigenvalue weighted by Crippen LogP contribution is 2.25. The summed E-state index contributed by atoms with van der Waals surface area (Å²) in [4.78, 5) is 11.0. The van der Waals surface area contributed by atoms with Gasteiger partial charge in [0.2, 0.25) is 0 Å². The normalized spacial score (nSPS) is 24.6. The van der Waals surface area contributed by atoms with Gasteiger partial charge in [-0.1, -0.05) is 29.8 Å². The standard InChI is InChI=1S/C12H14ClNO2/c13-10-4-2-1-3-8(10)7-9-5-6-14-11(9)12(15)16/h1-4,9,11,14H,5-7H2,(H,15,16)/t9?,11-/m0/s1. The monoisotopic (exact) mass is 239 g/mol. The molecule has 1 saturated heterocycles. The molecule has 1 aromatic rings. The van der Waals surface area contributed by atoms with E-state index < -0.39 is 12.0 Å². The molecule has 2 rings (SSSR count). The lowest BCUT2D eigenvalue weighted by Crippen LogP contribution is -2.36. The summed E-state index contributed by atoms with van der Waals surface area (Å²) >= 11 is 6.06. The van der Waals surface area contributed by atoms with E-state index in [0.29, 0.717) is 0 Å². The van der Waals surface area contributed by atoms with Crippen LogP contribution in [0.5, 0.6) is 0 Å². The molecule has 0 radical (unpaired) electrons. The van der Waals surface area contributed by atoms with Crippen LogP contribution < -0.4 is 5.32 Å². The van der Waals surface area contributed by atoms with Gasteiger partial charge in [-0.3, -0.25) is 4.79 Å². The predicted molar refractivity (Wildman–Crippen MR) is 62.7 cm³/mol. The fraction of sp³-hybridized carbons (Fsp3) is 0.417. The smallest absolute Gasteiger partial charge is 0.320 e. The Balaban J connectivity index is 2.10. The number of halogens is 1. The summed E-state index contributed by atoms with van der Waals surface area (Å²) in [6.45, 7) is 0.770. The summed E-state index contributed by atoms with van der Waals surface area (Å²) in [6.07, 6.45) is 1.62. The Morgan fingerprint density at radius 3 is 2.94 bits per heavy atom. The molecule has 4 heteroatoms. The van der Waals surface area contributed by atoms with E-state index in [0.717, 1.165) is 30.0 Å². The average molecular weight is 240 g/mol. The molecule has 0 aromatic heterocycles. The van der Waals surface area contributed by atoms with Crippen LogP contribution in [0.15, 0.2) is 24.3 Å². The van der Waals surface area contributed by atoms with Crippen molar-refractivity contribution in [1.82, 2.24) is 5.32 Å². The average Bonchev–Trinajstić information content (AvgIpc) is 2.69. The van der Waals surface area contributed by atoms with Gasteiger partial charge in [0.25, 0.3) is 0 Å². The van der Waals surface area contributed by atoms with Crippen molar-refractivity contribution in [3.8, 4) is 0 Å². The van der Waals surface area contributed by atoms with Crippen LogP contribution in [0.2, 0.25) is 5.02 Å². The van der Waals surface area contributed by atoms with Crippen LogP contribution in [0.1, 0.15) is 12.0 Å². The van der Waals surface area contributed by atoms with E-state index in [4.69, 9.17) is 16.7 Å². The van der Waals surface area contributed by atoms with Crippen LogP contribution in [0.4, 0.5) is 0 Å². The van der Waals surface area contributed by atoms with Crippen LogP contribution >= 0.6 is 11.6 Å². The van der Waals surface area contributed by atoms with Crippen LogP contribution in [0.3, 0.4) is 0 Å². The highest BCUT2D eigenvalue weighted by molar-refractivity contribution is 6.31. The van der Waals surface area contributed by atoms with Crippen molar-refractivity contribution in [3.63, 3.8) is 0 Å². The molecule has 16 heavy (non-hydrogen) atoms. The Morgan fingerprint density at radius 1 is 1.50 bits per heavy atom. The lowest BCUT2D eigenvalue weighted by molar-refractivity contribution is -0.140. The molecule has 3 nitrogen and oxygen atoms in total. The maximum absolute atomic E-state index is 11.0. The van der Waals surface area contributed by atoms with E-state index in [2.05, 4.69) is 5.32 Å². The molecule has 1 fully saturated rings. The fourth-order valence-electron chi connectivity index (χ4n) is 2.21. The summed E-state index contributed by atoms with van der Waals surface area (Å²) in [5.41, 5.74) is 1.03. The quantitative estimate of drug-likeness (QED) is 0.848. The first-order valence-corrected chi connectivity index (χ1v) is 5.76. The van der Waals surface area contributed by atoms with Gasteiger partial charge in [-0.15, -0.1) is 0 Å². The van der Waals surface area contributed by atoms with Gasteiger partial charge in [0.15, 0.2) is 0 Å². The minimum Gasteiger partial charge on any atom is -0.480 e. The third-order valence-electron chi connectivity index (χ3n) is 3.06. The SMILES string of the molecule is O=C(O)[C@H]1NCCC1Cc1ccccc1Cl. The minimum absolute atomic E-state index is 0.136. The third kappa shape index (κ3) is 2.36. The lowest BCUT2D eigenvalue weighted by Gasteiger charge is -2.15. The second-order valence-corrected chi connectivity index (χ2v) is 4.52. The zero-order chi connectivity index (χ0) is 11.5. The summed E-state index contributed by atoms with van der Waals surface area (Å²) in [6, 6.07) is 7.18. The Hall–Kier alpha value is -1.06. The summed E-state index contributed by atoms with van der Waals surface area (Å²) in [7, 11) is 0. The minimum atomic E-state index is -0.769. The molecule has 0 amide bonds. The molecule has 2 N–H and O–H groups in total. The molecular weight excluding hydrogens is 226 g/mol. The van der Waals surface area contributed by atoms with Crippen molar-refractivity contribution in [3.05, 3.63) is 34.9 Å². The maximum atomic E-state index is 11.0. The molecule has 0 spiro atoms. The van der Waals surface area contributed by atoms with Gasteiger partial charge in [-0.05, 0) is 36.9 Å². The van der Waals surface area contributed by atoms with Crippen LogP contribution in [-0.4, -0.2) is 23.7 Å². The van der Waals surface area contributed by atoms with Crippen molar-refractivity contribution in [1.29, 1.82) is 0 Å². The first-order chi connectivity index (χ1) is 7.68. The summed E-state index contributed by atoms with van der Waals surface area (Å²) < 4.78 is 0. The van der Waals surface area contributed by atoms with Crippen molar-refractivity contribution < 1.29 is 9.90 Å². The summed E-state index contributed by atoms with van der Waals surface area (Å²) in [5, 5.41) is 12.8. The highest BCUT2D eigenvalue weighted by Gasteiger charge is 2.32. The molecule has 0 saturated carbocycles.